The highest BCUT2D eigenvalue weighted by Crippen LogP contribution is 2.28. The number of hydrogen-bond donors (Lipinski definition) is 0. The third-order valence-corrected chi connectivity index (χ3v) is 3.31. The number of nitrogens with zero attached hydrogens (tertiary/aromatic N) is 1. The van der Waals surface area contributed by atoms with E-state index < -0.39 is 0 Å². The molecule has 18 heavy (non-hydrogen) atoms. The predicted molar refractivity (Wildman–Crippen MR) is 73.2 cm³/mol. The van der Waals surface area contributed by atoms with Crippen molar-refractivity contribution < 1.29 is 4.74 Å². The maximum Gasteiger partial charge on any atom is 0.258 e. The number of rotatable bonds is 1. The fraction of sp³-hybridized carbons (Fsp3) is 0.133. The van der Waals surface area contributed by atoms with E-state index in [1.165, 1.54) is 0 Å². The molecule has 3 aromatic rings. The van der Waals surface area contributed by atoms with Crippen LogP contribution < -0.4 is 10.3 Å². The SMILES string of the molecule is COc1cccc2c3ccccc3c(=O)n(C)c12. The highest BCUT2D eigenvalue weighted by Gasteiger charge is 2.11. The van der Waals surface area contributed by atoms with Crippen molar-refractivity contribution in [1.82, 2.24) is 4.57 Å². The minimum Gasteiger partial charge on any atom is -0.495 e. The zero-order valence-electron chi connectivity index (χ0n) is 10.3. The highest BCUT2D eigenvalue weighted by molar-refractivity contribution is 6.07. The van der Waals surface area contributed by atoms with Crippen LogP contribution in [0.15, 0.2) is 47.3 Å². The fourth-order valence-corrected chi connectivity index (χ4v) is 2.44. The first-order chi connectivity index (χ1) is 8.74. The molecule has 1 aromatic heterocycles. The van der Waals surface area contributed by atoms with Gasteiger partial charge in [0, 0.05) is 17.8 Å². The Balaban J connectivity index is 2.69. The van der Waals surface area contributed by atoms with E-state index in [1.807, 2.05) is 42.5 Å². The average molecular weight is 239 g/mol. The van der Waals surface area contributed by atoms with Crippen LogP contribution >= 0.6 is 0 Å². The molecule has 0 bridgehead atoms. The maximum absolute atomic E-state index is 12.3. The second-order valence-corrected chi connectivity index (χ2v) is 4.27. The van der Waals surface area contributed by atoms with Crippen molar-refractivity contribution in [2.24, 2.45) is 7.05 Å². The smallest absolute Gasteiger partial charge is 0.258 e. The van der Waals surface area contributed by atoms with Crippen molar-refractivity contribution in [3.8, 4) is 5.75 Å². The van der Waals surface area contributed by atoms with Gasteiger partial charge in [-0.2, -0.15) is 0 Å². The Labute approximate surface area is 104 Å². The first-order valence-electron chi connectivity index (χ1n) is 5.78. The summed E-state index contributed by atoms with van der Waals surface area (Å²) in [5.74, 6) is 0.720. The summed E-state index contributed by atoms with van der Waals surface area (Å²) in [4.78, 5) is 12.3. The molecule has 0 amide bonds. The molecule has 0 fully saturated rings. The van der Waals surface area contributed by atoms with Gasteiger partial charge in [-0.15, -0.1) is 0 Å². The summed E-state index contributed by atoms with van der Waals surface area (Å²) in [6.07, 6.45) is 0. The predicted octanol–water partition coefficient (Wildman–Crippen LogP) is 2.70. The first-order valence-corrected chi connectivity index (χ1v) is 5.78. The van der Waals surface area contributed by atoms with Crippen LogP contribution in [0.4, 0.5) is 0 Å². The van der Waals surface area contributed by atoms with Crippen molar-refractivity contribution >= 4 is 21.7 Å². The van der Waals surface area contributed by atoms with E-state index in [1.54, 1.807) is 18.7 Å². The molecular formula is C15H13NO2. The minimum atomic E-state index is 0.00241. The van der Waals surface area contributed by atoms with Crippen molar-refractivity contribution in [2.45, 2.75) is 0 Å². The van der Waals surface area contributed by atoms with Gasteiger partial charge in [0.15, 0.2) is 0 Å². The standard InChI is InChI=1S/C15H13NO2/c1-16-14-11(8-5-9-13(14)18-2)10-6-3-4-7-12(10)15(16)17/h3-9H,1-2H3. The molecule has 0 aliphatic heterocycles. The van der Waals surface area contributed by atoms with Gasteiger partial charge in [-0.05, 0) is 17.5 Å². The van der Waals surface area contributed by atoms with Crippen LogP contribution in [0, 0.1) is 0 Å². The third kappa shape index (κ3) is 1.34. The lowest BCUT2D eigenvalue weighted by atomic mass is 10.1. The normalized spacial score (nSPS) is 11.0. The quantitative estimate of drug-likeness (QED) is 0.611. The molecule has 0 aliphatic rings. The van der Waals surface area contributed by atoms with Crippen molar-refractivity contribution in [2.75, 3.05) is 7.11 Å². The van der Waals surface area contributed by atoms with E-state index >= 15 is 0 Å². The van der Waals surface area contributed by atoms with Crippen LogP contribution in [-0.4, -0.2) is 11.7 Å². The van der Waals surface area contributed by atoms with Gasteiger partial charge < -0.3 is 9.30 Å². The zero-order chi connectivity index (χ0) is 12.7. The fourth-order valence-electron chi connectivity index (χ4n) is 2.44. The van der Waals surface area contributed by atoms with Gasteiger partial charge in [-0.3, -0.25) is 4.79 Å². The van der Waals surface area contributed by atoms with E-state index in [0.29, 0.717) is 0 Å². The Hall–Kier alpha value is -2.29. The molecule has 0 radical (unpaired) electrons. The molecule has 0 unspecified atom stereocenters. The number of pyridine rings is 1. The van der Waals surface area contributed by atoms with E-state index in [-0.39, 0.29) is 5.56 Å². The molecule has 2 aromatic carbocycles. The van der Waals surface area contributed by atoms with Crippen molar-refractivity contribution in [3.05, 3.63) is 52.8 Å². The van der Waals surface area contributed by atoms with Gasteiger partial charge in [-0.25, -0.2) is 0 Å². The number of aromatic nitrogens is 1. The van der Waals surface area contributed by atoms with Crippen LogP contribution in [0.5, 0.6) is 5.75 Å². The Kier molecular flexibility index (Phi) is 2.33. The second kappa shape index (κ2) is 3.88. The molecule has 0 aliphatic carbocycles. The monoisotopic (exact) mass is 239 g/mol. The molecule has 3 nitrogen and oxygen atoms in total. The summed E-state index contributed by atoms with van der Waals surface area (Å²) in [6, 6.07) is 13.5. The van der Waals surface area contributed by atoms with Crippen LogP contribution in [0.3, 0.4) is 0 Å². The van der Waals surface area contributed by atoms with Crippen LogP contribution in [0.25, 0.3) is 21.7 Å². The number of hydrogen-bond acceptors (Lipinski definition) is 2. The number of para-hydroxylation sites is 1. The number of methoxy groups -OCH3 is 1. The van der Waals surface area contributed by atoms with Gasteiger partial charge >= 0.3 is 0 Å². The Morgan fingerprint density at radius 3 is 2.33 bits per heavy atom. The van der Waals surface area contributed by atoms with Crippen molar-refractivity contribution in [1.29, 1.82) is 0 Å². The lowest BCUT2D eigenvalue weighted by Crippen LogP contribution is -2.17. The molecule has 3 heteroatoms. The van der Waals surface area contributed by atoms with Crippen LogP contribution in [0.2, 0.25) is 0 Å². The van der Waals surface area contributed by atoms with Crippen LogP contribution in [-0.2, 0) is 7.05 Å². The second-order valence-electron chi connectivity index (χ2n) is 4.27. The minimum absolute atomic E-state index is 0.00241. The molecule has 90 valence electrons. The van der Waals surface area contributed by atoms with E-state index in [0.717, 1.165) is 27.4 Å². The number of ether oxygens (including phenoxy) is 1. The number of aryl methyl sites for hydroxylation is 1. The topological polar surface area (TPSA) is 31.2 Å². The lowest BCUT2D eigenvalue weighted by molar-refractivity contribution is 0.417. The van der Waals surface area contributed by atoms with Crippen LogP contribution in [0.1, 0.15) is 0 Å². The third-order valence-electron chi connectivity index (χ3n) is 3.31. The number of benzene rings is 2. The van der Waals surface area contributed by atoms with E-state index in [2.05, 4.69) is 0 Å². The van der Waals surface area contributed by atoms with E-state index in [9.17, 15) is 4.79 Å². The summed E-state index contributed by atoms with van der Waals surface area (Å²) in [5.41, 5.74) is 0.839. The van der Waals surface area contributed by atoms with Gasteiger partial charge in [0.1, 0.15) is 5.75 Å². The summed E-state index contributed by atoms with van der Waals surface area (Å²) in [7, 11) is 3.40. The van der Waals surface area contributed by atoms with Gasteiger partial charge in [0.25, 0.3) is 5.56 Å². The zero-order valence-corrected chi connectivity index (χ0v) is 10.3. The highest BCUT2D eigenvalue weighted by atomic mass is 16.5. The first kappa shape index (κ1) is 10.8. The maximum atomic E-state index is 12.3. The van der Waals surface area contributed by atoms with Gasteiger partial charge in [0.05, 0.1) is 12.6 Å². The molecule has 1 heterocycles. The van der Waals surface area contributed by atoms with Crippen molar-refractivity contribution in [3.63, 3.8) is 0 Å². The molecule has 0 atom stereocenters. The Bertz CT molecular complexity index is 803. The molecule has 0 saturated heterocycles. The summed E-state index contributed by atoms with van der Waals surface area (Å²) in [5, 5.41) is 2.74. The summed E-state index contributed by atoms with van der Waals surface area (Å²) < 4.78 is 7.00. The molecule has 0 spiro atoms. The van der Waals surface area contributed by atoms with Gasteiger partial charge in [-0.1, -0.05) is 30.3 Å². The van der Waals surface area contributed by atoms with E-state index in [4.69, 9.17) is 4.74 Å². The summed E-state index contributed by atoms with van der Waals surface area (Å²) in [6.45, 7) is 0. The Morgan fingerprint density at radius 1 is 0.944 bits per heavy atom. The Morgan fingerprint density at radius 2 is 1.61 bits per heavy atom. The van der Waals surface area contributed by atoms with Gasteiger partial charge in [0.2, 0.25) is 0 Å². The summed E-state index contributed by atoms with van der Waals surface area (Å²) >= 11 is 0. The largest absolute Gasteiger partial charge is 0.495 e. The molecule has 0 N–H and O–H groups in total. The number of fused-ring (bicyclic) bond motifs is 3. The molecule has 0 saturated carbocycles. The molecule has 3 rings (SSSR count). The average Bonchev–Trinajstić information content (AvgIpc) is 2.44. The molecular weight excluding hydrogens is 226 g/mol. The lowest BCUT2D eigenvalue weighted by Gasteiger charge is -2.12.